The van der Waals surface area contributed by atoms with E-state index < -0.39 is 0 Å². The van der Waals surface area contributed by atoms with Crippen LogP contribution < -0.4 is 10.1 Å². The molecule has 0 spiro atoms. The number of hydrogen-bond acceptors (Lipinski definition) is 7. The van der Waals surface area contributed by atoms with Gasteiger partial charge in [-0.1, -0.05) is 54.2 Å². The van der Waals surface area contributed by atoms with Crippen LogP contribution in [0.5, 0.6) is 0 Å². The van der Waals surface area contributed by atoms with Crippen molar-refractivity contribution in [3.8, 4) is 11.4 Å². The Labute approximate surface area is 142 Å². The number of aromatic nitrogens is 3. The van der Waals surface area contributed by atoms with Crippen molar-refractivity contribution in [2.24, 2.45) is 0 Å². The van der Waals surface area contributed by atoms with E-state index in [9.17, 15) is 10.4 Å². The summed E-state index contributed by atoms with van der Waals surface area (Å²) in [5, 5.41) is 30.0. The molecule has 0 bridgehead atoms. The quantitative estimate of drug-likeness (QED) is 0.733. The Morgan fingerprint density at radius 2 is 1.79 bits per heavy atom. The summed E-state index contributed by atoms with van der Waals surface area (Å²) in [5.41, 5.74) is 1.87. The average molecular weight is 340 g/mol. The molecule has 2 aromatic carbocycles. The molecule has 0 unspecified atom stereocenters. The lowest BCUT2D eigenvalue weighted by Crippen LogP contribution is -2.31. The Morgan fingerprint density at radius 1 is 1.04 bits per heavy atom. The van der Waals surface area contributed by atoms with Crippen molar-refractivity contribution in [3.63, 3.8) is 0 Å². The van der Waals surface area contributed by atoms with Gasteiger partial charge >= 0.3 is 0 Å². The fraction of sp³-hybridized carbons (Fsp3) is 0.125. The molecule has 0 atom stereocenters. The first-order valence-corrected chi connectivity index (χ1v) is 8.34. The molecule has 1 aromatic heterocycles. The van der Waals surface area contributed by atoms with Crippen LogP contribution in [0.25, 0.3) is 11.4 Å². The van der Waals surface area contributed by atoms with E-state index in [0.717, 1.165) is 16.5 Å². The summed E-state index contributed by atoms with van der Waals surface area (Å²) in [6, 6.07) is 16.8. The largest absolute Gasteiger partial charge is 0.733 e. The van der Waals surface area contributed by atoms with Crippen molar-refractivity contribution in [3.05, 3.63) is 59.8 Å². The molecule has 0 radical (unpaired) electrons. The van der Waals surface area contributed by atoms with Gasteiger partial charge in [0.2, 0.25) is 0 Å². The minimum absolute atomic E-state index is 0.0974. The van der Waals surface area contributed by atoms with Gasteiger partial charge in [0.25, 0.3) is 0 Å². The lowest BCUT2D eigenvalue weighted by Gasteiger charge is -2.34. The van der Waals surface area contributed by atoms with E-state index in [1.807, 2.05) is 51.9 Å². The molecule has 8 heteroatoms. The van der Waals surface area contributed by atoms with Crippen LogP contribution in [0.15, 0.2) is 59.8 Å². The molecular weight excluding hydrogens is 326 g/mol. The van der Waals surface area contributed by atoms with E-state index >= 15 is 0 Å². The summed E-state index contributed by atoms with van der Waals surface area (Å²) in [4.78, 5) is 2.00. The Morgan fingerprint density at radius 3 is 2.58 bits per heavy atom. The highest BCUT2D eigenvalue weighted by atomic mass is 32.2. The number of anilines is 2. The van der Waals surface area contributed by atoms with Gasteiger partial charge in [-0.25, -0.2) is 0 Å². The molecule has 0 aliphatic carbocycles. The van der Waals surface area contributed by atoms with Crippen LogP contribution in [0.3, 0.4) is 0 Å². The molecule has 2 heterocycles. The molecule has 24 heavy (non-hydrogen) atoms. The molecule has 0 amide bonds. The van der Waals surface area contributed by atoms with E-state index in [4.69, 9.17) is 0 Å². The molecule has 0 fully saturated rings. The maximum Gasteiger partial charge on any atom is 0.194 e. The molecule has 0 saturated heterocycles. The van der Waals surface area contributed by atoms with Gasteiger partial charge in [-0.05, 0) is 12.1 Å². The first-order chi connectivity index (χ1) is 11.7. The second-order valence-corrected chi connectivity index (χ2v) is 6.23. The fourth-order valence-electron chi connectivity index (χ4n) is 2.71. The lowest BCUT2D eigenvalue weighted by molar-refractivity contribution is 0.296. The Kier molecular flexibility index (Phi) is 3.85. The fourth-order valence-corrected chi connectivity index (χ4v) is 3.60. The second kappa shape index (κ2) is 6.16. The van der Waals surface area contributed by atoms with Crippen LogP contribution in [-0.2, 0) is 6.67 Å². The van der Waals surface area contributed by atoms with E-state index in [2.05, 4.69) is 10.2 Å². The Balaban J connectivity index is 1.71. The standard InChI is InChI=1S/C16H14N5O2S/c22-21(23)14-9-5-4-8-13(14)19-10-20-15(12-6-2-1-3-7-12)17-18-16(20)24-11-19/h1-9,22H,10-11H2/q-1. The van der Waals surface area contributed by atoms with Crippen LogP contribution in [0, 0.1) is 5.21 Å². The second-order valence-electron chi connectivity index (χ2n) is 5.32. The zero-order chi connectivity index (χ0) is 16.5. The summed E-state index contributed by atoms with van der Waals surface area (Å²) in [7, 11) is 0. The normalized spacial score (nSPS) is 13.7. The summed E-state index contributed by atoms with van der Waals surface area (Å²) < 4.78 is 2.01. The summed E-state index contributed by atoms with van der Waals surface area (Å²) >= 11 is 1.54. The van der Waals surface area contributed by atoms with Gasteiger partial charge in [-0.15, -0.1) is 10.2 Å². The molecule has 1 aliphatic rings. The molecular formula is C16H14N5O2S-. The zero-order valence-electron chi connectivity index (χ0n) is 12.6. The van der Waals surface area contributed by atoms with Crippen molar-refractivity contribution in [2.45, 2.75) is 11.8 Å². The summed E-state index contributed by atoms with van der Waals surface area (Å²) in [6.07, 6.45) is 0. The molecule has 4 rings (SSSR count). The first kappa shape index (κ1) is 15.0. The number of hydrogen-bond donors (Lipinski definition) is 1. The van der Waals surface area contributed by atoms with Crippen LogP contribution in [0.2, 0.25) is 0 Å². The predicted octanol–water partition coefficient (Wildman–Crippen LogP) is 3.17. The van der Waals surface area contributed by atoms with E-state index in [-0.39, 0.29) is 10.9 Å². The van der Waals surface area contributed by atoms with E-state index in [1.165, 1.54) is 0 Å². The Bertz CT molecular complexity index is 853. The zero-order valence-corrected chi connectivity index (χ0v) is 13.4. The highest BCUT2D eigenvalue weighted by molar-refractivity contribution is 7.99. The van der Waals surface area contributed by atoms with E-state index in [0.29, 0.717) is 18.2 Å². The summed E-state index contributed by atoms with van der Waals surface area (Å²) in [5.74, 6) is 1.40. The number of thioether (sulfide) groups is 1. The third kappa shape index (κ3) is 2.60. The molecule has 1 N–H and O–H groups in total. The smallest absolute Gasteiger partial charge is 0.194 e. The van der Waals surface area contributed by atoms with Crippen LogP contribution >= 0.6 is 11.8 Å². The van der Waals surface area contributed by atoms with E-state index in [1.54, 1.807) is 23.9 Å². The highest BCUT2D eigenvalue weighted by Gasteiger charge is 2.24. The highest BCUT2D eigenvalue weighted by Crippen LogP contribution is 2.35. The Hall–Kier alpha value is -2.55. The van der Waals surface area contributed by atoms with Gasteiger partial charge in [0.05, 0.1) is 23.9 Å². The number of fused-ring (bicyclic) bond motifs is 1. The molecule has 3 aromatic rings. The third-order valence-corrected chi connectivity index (χ3v) is 4.84. The average Bonchev–Trinajstić information content (AvgIpc) is 3.05. The predicted molar refractivity (Wildman–Crippen MR) is 92.7 cm³/mol. The van der Waals surface area contributed by atoms with Crippen LogP contribution in [0.4, 0.5) is 11.4 Å². The molecule has 0 saturated carbocycles. The van der Waals surface area contributed by atoms with Gasteiger partial charge in [0, 0.05) is 5.56 Å². The van der Waals surface area contributed by atoms with Gasteiger partial charge < -0.3 is 15.3 Å². The lowest BCUT2D eigenvalue weighted by atomic mass is 10.2. The van der Waals surface area contributed by atoms with Gasteiger partial charge in [-0.3, -0.25) is 9.77 Å². The van der Waals surface area contributed by atoms with Crippen molar-refractivity contribution in [1.82, 2.24) is 14.8 Å². The summed E-state index contributed by atoms with van der Waals surface area (Å²) in [6.45, 7) is 0.504. The minimum Gasteiger partial charge on any atom is -0.733 e. The third-order valence-electron chi connectivity index (χ3n) is 3.84. The molecule has 122 valence electrons. The monoisotopic (exact) mass is 340 g/mol. The molecule has 1 aliphatic heterocycles. The van der Waals surface area contributed by atoms with Crippen molar-refractivity contribution >= 4 is 23.1 Å². The van der Waals surface area contributed by atoms with Crippen LogP contribution in [0.1, 0.15) is 0 Å². The van der Waals surface area contributed by atoms with Crippen molar-refractivity contribution in [2.75, 3.05) is 16.0 Å². The number of nitrogens with zero attached hydrogens (tertiary/aromatic N) is 5. The number of rotatable bonds is 3. The maximum atomic E-state index is 11.4. The van der Waals surface area contributed by atoms with Crippen LogP contribution in [-0.4, -0.2) is 25.8 Å². The van der Waals surface area contributed by atoms with Gasteiger partial charge in [0.1, 0.15) is 0 Å². The van der Waals surface area contributed by atoms with Crippen molar-refractivity contribution < 1.29 is 5.21 Å². The SMILES string of the molecule is [O-]N(O)c1ccccc1N1CSc2nnc(-c3ccccc3)n2C1. The maximum absolute atomic E-state index is 11.4. The minimum atomic E-state index is -0.0974. The van der Waals surface area contributed by atoms with Gasteiger partial charge in [0.15, 0.2) is 11.0 Å². The number of para-hydroxylation sites is 2. The number of benzene rings is 2. The van der Waals surface area contributed by atoms with Crippen molar-refractivity contribution in [1.29, 1.82) is 0 Å². The van der Waals surface area contributed by atoms with Gasteiger partial charge in [-0.2, -0.15) is 0 Å². The molecule has 7 nitrogen and oxygen atoms in total. The first-order valence-electron chi connectivity index (χ1n) is 7.35. The topological polar surface area (TPSA) is 80.5 Å².